The number of piperidine rings is 3. The number of phenols is 1. The lowest BCUT2D eigenvalue weighted by atomic mass is 9.62. The predicted molar refractivity (Wildman–Crippen MR) is 239 cm³/mol. The Morgan fingerprint density at radius 1 is 0.785 bits per heavy atom. The molecule has 4 amide bonds. The molecule has 6 fully saturated rings. The van der Waals surface area contributed by atoms with Gasteiger partial charge in [0.1, 0.15) is 17.6 Å². The van der Waals surface area contributed by atoms with Crippen LogP contribution in [-0.2, 0) is 25.7 Å². The third-order valence-corrected chi connectivity index (χ3v) is 15.6. The van der Waals surface area contributed by atoms with Gasteiger partial charge in [-0.25, -0.2) is 8.78 Å². The molecule has 7 heterocycles. The first kappa shape index (κ1) is 43.6. The van der Waals surface area contributed by atoms with Gasteiger partial charge in [0.05, 0.1) is 29.9 Å². The topological polar surface area (TPSA) is 138 Å². The van der Waals surface area contributed by atoms with Crippen LogP contribution in [0.5, 0.6) is 11.5 Å². The van der Waals surface area contributed by atoms with Gasteiger partial charge >= 0.3 is 0 Å². The zero-order valence-electron chi connectivity index (χ0n) is 37.1. The van der Waals surface area contributed by atoms with Gasteiger partial charge in [0.15, 0.2) is 11.6 Å². The van der Waals surface area contributed by atoms with Crippen molar-refractivity contribution in [1.82, 2.24) is 20.0 Å². The van der Waals surface area contributed by atoms with Crippen molar-refractivity contribution in [1.29, 1.82) is 0 Å². The molecular formula is C49H59F2N7O7. The van der Waals surface area contributed by atoms with E-state index < -0.39 is 34.9 Å². The van der Waals surface area contributed by atoms with Crippen molar-refractivity contribution >= 4 is 40.7 Å². The van der Waals surface area contributed by atoms with Crippen LogP contribution in [0.2, 0.25) is 0 Å². The number of halogens is 2. The highest BCUT2D eigenvalue weighted by molar-refractivity contribution is 6.08. The Morgan fingerprint density at radius 2 is 1.45 bits per heavy atom. The smallest absolute Gasteiger partial charge is 0.255 e. The van der Waals surface area contributed by atoms with Crippen LogP contribution in [-0.4, -0.2) is 135 Å². The first-order valence-corrected chi connectivity index (χ1v) is 23.5. The van der Waals surface area contributed by atoms with Gasteiger partial charge in [-0.3, -0.25) is 29.4 Å². The van der Waals surface area contributed by atoms with Crippen LogP contribution < -0.4 is 24.8 Å². The minimum atomic E-state index is -0.872. The fourth-order valence-corrected chi connectivity index (χ4v) is 11.8. The molecule has 6 saturated heterocycles. The van der Waals surface area contributed by atoms with E-state index in [0.29, 0.717) is 73.4 Å². The van der Waals surface area contributed by atoms with Gasteiger partial charge in [0.2, 0.25) is 17.7 Å². The Labute approximate surface area is 378 Å². The van der Waals surface area contributed by atoms with Crippen molar-refractivity contribution in [2.24, 2.45) is 17.3 Å². The van der Waals surface area contributed by atoms with E-state index >= 15 is 4.39 Å². The first-order valence-electron chi connectivity index (χ1n) is 23.5. The molecular weight excluding hydrogens is 837 g/mol. The third-order valence-electron chi connectivity index (χ3n) is 15.6. The van der Waals surface area contributed by atoms with Gasteiger partial charge in [-0.2, -0.15) is 0 Å². The fourth-order valence-electron chi connectivity index (χ4n) is 11.8. The van der Waals surface area contributed by atoms with E-state index in [2.05, 4.69) is 31.0 Å². The maximum absolute atomic E-state index is 16.3. The molecule has 16 heteroatoms. The van der Waals surface area contributed by atoms with Crippen LogP contribution in [0.1, 0.15) is 78.9 Å². The lowest BCUT2D eigenvalue weighted by Crippen LogP contribution is -2.65. The Bertz CT molecular complexity index is 2340. The summed E-state index contributed by atoms with van der Waals surface area (Å²) in [5.74, 6) is -1.28. The van der Waals surface area contributed by atoms with E-state index in [-0.39, 0.29) is 35.7 Å². The molecule has 346 valence electrons. The van der Waals surface area contributed by atoms with Gasteiger partial charge < -0.3 is 39.1 Å². The van der Waals surface area contributed by atoms with Crippen LogP contribution in [0.3, 0.4) is 0 Å². The SMILES string of the molecule is COc1cc(N2CCC(CN3CCN(CC4CCN(c5ccc6c(c5)CN(C5CCC(=O)NC5=O)C6=O)CC4)CC3)CC2)c(F)cc1[C@@H]1N(c2cccc(F)c2O)C(=O)C12CCOCC2. The molecule has 1 unspecified atom stereocenters. The van der Waals surface area contributed by atoms with E-state index in [9.17, 15) is 28.7 Å². The number of β-lactam (4-membered cyclic amide) rings is 1. The quantitative estimate of drug-likeness (QED) is 0.209. The number of imide groups is 1. The highest BCUT2D eigenvalue weighted by atomic mass is 19.1. The molecule has 0 aliphatic carbocycles. The van der Waals surface area contributed by atoms with Crippen molar-refractivity contribution in [2.75, 3.05) is 100 Å². The molecule has 1 spiro atoms. The molecule has 0 aromatic heterocycles. The van der Waals surface area contributed by atoms with E-state index in [1.807, 2.05) is 12.1 Å². The summed E-state index contributed by atoms with van der Waals surface area (Å²) in [5, 5.41) is 13.0. The molecule has 2 N–H and O–H groups in total. The highest BCUT2D eigenvalue weighted by Gasteiger charge is 2.63. The molecule has 3 aromatic carbocycles. The molecule has 7 aliphatic rings. The minimum Gasteiger partial charge on any atom is -0.503 e. The number of hydrogen-bond acceptors (Lipinski definition) is 11. The largest absolute Gasteiger partial charge is 0.503 e. The molecule has 0 radical (unpaired) electrons. The summed E-state index contributed by atoms with van der Waals surface area (Å²) < 4.78 is 42.4. The number of rotatable bonds is 10. The zero-order chi connectivity index (χ0) is 45.0. The lowest BCUT2D eigenvalue weighted by molar-refractivity contribution is -0.149. The van der Waals surface area contributed by atoms with Gasteiger partial charge in [-0.1, -0.05) is 6.07 Å². The lowest BCUT2D eigenvalue weighted by Gasteiger charge is -2.57. The number of ether oxygens (including phenoxy) is 2. The van der Waals surface area contributed by atoms with E-state index in [1.54, 1.807) is 18.1 Å². The van der Waals surface area contributed by atoms with Gasteiger partial charge in [0, 0.05) is 115 Å². The maximum Gasteiger partial charge on any atom is 0.255 e. The second-order valence-corrected chi connectivity index (χ2v) is 19.2. The monoisotopic (exact) mass is 895 g/mol. The Kier molecular flexibility index (Phi) is 11.9. The molecule has 0 bridgehead atoms. The molecule has 10 rings (SSSR count). The summed E-state index contributed by atoms with van der Waals surface area (Å²) in [6.07, 6.45) is 5.59. The molecule has 7 aliphatic heterocycles. The Hall–Kier alpha value is -5.32. The number of hydrogen-bond donors (Lipinski definition) is 2. The van der Waals surface area contributed by atoms with Crippen molar-refractivity contribution in [2.45, 2.75) is 70.0 Å². The molecule has 2 atom stereocenters. The first-order chi connectivity index (χ1) is 31.5. The standard InChI is InChI=1S/C49H59F2N7O7/c1-64-42-27-41(38(51)26-36(42)45-49(13-23-65-24-14-49)48(63)58(45)39-4-2-3-37(50)44(39)60)56-17-11-32(12-18-56)29-54-21-19-53(20-22-54)28-31-9-15-55(16-10-31)34-5-6-35-33(25-34)30-57(47(35)62)40-7-8-43(59)52-46(40)61/h2-6,25-27,31-32,40,45,60H,7-24,28-30H2,1H3,(H,52,59,61)/t40?,45-/m0/s1. The number of amides is 4. The van der Waals surface area contributed by atoms with E-state index in [4.69, 9.17) is 9.47 Å². The number of benzene rings is 3. The number of nitrogens with zero attached hydrogens (tertiary/aromatic N) is 6. The third kappa shape index (κ3) is 8.09. The van der Waals surface area contributed by atoms with Crippen LogP contribution in [0, 0.1) is 28.9 Å². The summed E-state index contributed by atoms with van der Waals surface area (Å²) >= 11 is 0. The number of methoxy groups -OCH3 is 1. The number of fused-ring (bicyclic) bond motifs is 1. The molecule has 65 heavy (non-hydrogen) atoms. The molecule has 14 nitrogen and oxygen atoms in total. The van der Waals surface area contributed by atoms with Crippen molar-refractivity contribution in [3.63, 3.8) is 0 Å². The fraction of sp³-hybridized carbons (Fsp3) is 0.551. The molecule has 0 saturated carbocycles. The number of aromatic hydroxyl groups is 1. The summed E-state index contributed by atoms with van der Waals surface area (Å²) in [6, 6.07) is 12.1. The van der Waals surface area contributed by atoms with Crippen molar-refractivity contribution < 1.29 is 42.5 Å². The normalized spacial score (nSPS) is 24.7. The summed E-state index contributed by atoms with van der Waals surface area (Å²) in [7, 11) is 1.54. The van der Waals surface area contributed by atoms with Gasteiger partial charge in [-0.15, -0.1) is 0 Å². The van der Waals surface area contributed by atoms with Gasteiger partial charge in [-0.05, 0) is 98.7 Å². The number of carbonyl (C=O) groups excluding carboxylic acids is 4. The number of anilines is 3. The van der Waals surface area contributed by atoms with Gasteiger partial charge in [0.25, 0.3) is 5.91 Å². The maximum atomic E-state index is 16.3. The number of para-hydroxylation sites is 1. The van der Waals surface area contributed by atoms with Crippen LogP contribution in [0.4, 0.5) is 25.8 Å². The van der Waals surface area contributed by atoms with Crippen molar-refractivity contribution in [3.05, 3.63) is 76.9 Å². The van der Waals surface area contributed by atoms with E-state index in [0.717, 1.165) is 108 Å². The average Bonchev–Trinajstić information content (AvgIpc) is 3.65. The summed E-state index contributed by atoms with van der Waals surface area (Å²) in [4.78, 5) is 63.9. The van der Waals surface area contributed by atoms with E-state index in [1.165, 1.54) is 23.1 Å². The molecule has 3 aromatic rings. The number of carbonyl (C=O) groups is 4. The highest BCUT2D eigenvalue weighted by Crippen LogP contribution is 2.60. The number of phenolic OH excluding ortho intramolecular Hbond substituents is 1. The second-order valence-electron chi connectivity index (χ2n) is 19.2. The van der Waals surface area contributed by atoms with Crippen molar-refractivity contribution in [3.8, 4) is 11.5 Å². The van der Waals surface area contributed by atoms with Crippen LogP contribution in [0.25, 0.3) is 0 Å². The Balaban J connectivity index is 0.693. The van der Waals surface area contributed by atoms with Crippen LogP contribution in [0.15, 0.2) is 48.5 Å². The predicted octanol–water partition coefficient (Wildman–Crippen LogP) is 5.08. The minimum absolute atomic E-state index is 0.0574. The summed E-state index contributed by atoms with van der Waals surface area (Å²) in [6.45, 7) is 10.8. The summed E-state index contributed by atoms with van der Waals surface area (Å²) in [5.41, 5.74) is 2.85. The second kappa shape index (κ2) is 17.8. The Morgan fingerprint density at radius 3 is 2.09 bits per heavy atom. The van der Waals surface area contributed by atoms with Crippen LogP contribution >= 0.6 is 0 Å². The number of piperazine rings is 1. The number of nitrogens with one attached hydrogen (secondary N) is 1. The zero-order valence-corrected chi connectivity index (χ0v) is 37.1. The average molecular weight is 896 g/mol.